The summed E-state index contributed by atoms with van der Waals surface area (Å²) in [6, 6.07) is 7.02. The topological polar surface area (TPSA) is 78.8 Å². The van der Waals surface area contributed by atoms with Crippen LogP contribution in [0.5, 0.6) is 0 Å². The van der Waals surface area contributed by atoms with Crippen LogP contribution >= 0.6 is 0 Å². The van der Waals surface area contributed by atoms with E-state index in [9.17, 15) is 13.2 Å². The minimum absolute atomic E-state index is 0.0932. The summed E-state index contributed by atoms with van der Waals surface area (Å²) >= 11 is 0. The third kappa shape index (κ3) is 3.24. The molecule has 1 aromatic carbocycles. The predicted molar refractivity (Wildman–Crippen MR) is 87.8 cm³/mol. The van der Waals surface area contributed by atoms with E-state index < -0.39 is 10.0 Å². The van der Waals surface area contributed by atoms with Gasteiger partial charge in [-0.1, -0.05) is 12.1 Å². The van der Waals surface area contributed by atoms with Gasteiger partial charge < -0.3 is 4.90 Å². The zero-order chi connectivity index (χ0) is 16.4. The zero-order valence-electron chi connectivity index (χ0n) is 13.2. The van der Waals surface area contributed by atoms with Crippen LogP contribution in [0, 0.1) is 0 Å². The van der Waals surface area contributed by atoms with Gasteiger partial charge in [0, 0.05) is 24.6 Å². The molecule has 1 N–H and O–H groups in total. The second-order valence-corrected chi connectivity index (χ2v) is 7.66. The maximum atomic E-state index is 12.3. The van der Waals surface area contributed by atoms with Gasteiger partial charge in [-0.25, -0.2) is 8.42 Å². The molecule has 7 heteroatoms. The quantitative estimate of drug-likeness (QED) is 0.909. The first-order chi connectivity index (χ1) is 11.0. The molecule has 3 rings (SSSR count). The average molecular weight is 335 g/mol. The highest BCUT2D eigenvalue weighted by Gasteiger charge is 2.30. The Balaban J connectivity index is 1.66. The molecule has 1 saturated heterocycles. The number of nitrogens with one attached hydrogen (secondary N) is 1. The van der Waals surface area contributed by atoms with Crippen molar-refractivity contribution in [3.05, 3.63) is 29.8 Å². The number of carbonyl (C=O) groups is 1. The van der Waals surface area contributed by atoms with Gasteiger partial charge in [-0.2, -0.15) is 0 Å². The number of amidine groups is 1. The SMILES string of the molecule is C[C@H]1CCCCN1C(=O)CCN=C1NS(=O)(=O)c2ccccc21. The fourth-order valence-corrected chi connectivity index (χ4v) is 4.38. The number of rotatable bonds is 3. The van der Waals surface area contributed by atoms with Gasteiger partial charge in [-0.15, -0.1) is 0 Å². The molecule has 124 valence electrons. The van der Waals surface area contributed by atoms with Crippen LogP contribution in [0.15, 0.2) is 34.2 Å². The van der Waals surface area contributed by atoms with Gasteiger partial charge >= 0.3 is 0 Å². The van der Waals surface area contributed by atoms with E-state index >= 15 is 0 Å². The van der Waals surface area contributed by atoms with Crippen LogP contribution in [0.3, 0.4) is 0 Å². The Morgan fingerprint density at radius 2 is 2.13 bits per heavy atom. The summed E-state index contributed by atoms with van der Waals surface area (Å²) in [5.41, 5.74) is 0.575. The number of benzene rings is 1. The standard InChI is InChI=1S/C16H21N3O3S/c1-12-6-4-5-11-19(12)15(20)9-10-17-16-13-7-2-3-8-14(13)23(21,22)18-16/h2-3,7-8,12H,4-6,9-11H2,1H3,(H,17,18)/t12-/m0/s1. The minimum atomic E-state index is -3.51. The van der Waals surface area contributed by atoms with Crippen LogP contribution in [0.1, 0.15) is 38.2 Å². The summed E-state index contributed by atoms with van der Waals surface area (Å²) < 4.78 is 26.4. The van der Waals surface area contributed by atoms with Crippen molar-refractivity contribution >= 4 is 21.8 Å². The maximum Gasteiger partial charge on any atom is 0.263 e. The lowest BCUT2D eigenvalue weighted by atomic mass is 10.0. The van der Waals surface area contributed by atoms with E-state index in [0.29, 0.717) is 17.8 Å². The Kier molecular flexibility index (Phi) is 4.39. The predicted octanol–water partition coefficient (Wildman–Crippen LogP) is 1.52. The van der Waals surface area contributed by atoms with Crippen LogP contribution < -0.4 is 4.72 Å². The highest BCUT2D eigenvalue weighted by molar-refractivity contribution is 7.90. The second kappa shape index (κ2) is 6.31. The van der Waals surface area contributed by atoms with Gasteiger partial charge in [-0.05, 0) is 38.3 Å². The number of hydrogen-bond acceptors (Lipinski definition) is 4. The van der Waals surface area contributed by atoms with Crippen LogP contribution in [-0.4, -0.2) is 44.2 Å². The molecular formula is C16H21N3O3S. The largest absolute Gasteiger partial charge is 0.340 e. The summed E-state index contributed by atoms with van der Waals surface area (Å²) in [6.07, 6.45) is 3.58. The molecule has 0 radical (unpaired) electrons. The van der Waals surface area contributed by atoms with Crippen LogP contribution in [0.4, 0.5) is 0 Å². The lowest BCUT2D eigenvalue weighted by molar-refractivity contribution is -0.134. The Bertz CT molecular complexity index is 743. The van der Waals surface area contributed by atoms with Crippen molar-refractivity contribution in [1.82, 2.24) is 9.62 Å². The van der Waals surface area contributed by atoms with Gasteiger partial charge in [0.25, 0.3) is 10.0 Å². The van der Waals surface area contributed by atoms with Crippen LogP contribution in [-0.2, 0) is 14.8 Å². The number of amides is 1. The van der Waals surface area contributed by atoms with E-state index in [-0.39, 0.29) is 23.4 Å². The van der Waals surface area contributed by atoms with Crippen molar-refractivity contribution in [2.24, 2.45) is 4.99 Å². The summed E-state index contributed by atoms with van der Waals surface area (Å²) in [4.78, 5) is 18.7. The monoisotopic (exact) mass is 335 g/mol. The zero-order valence-corrected chi connectivity index (χ0v) is 14.0. The first kappa shape index (κ1) is 16.0. The van der Waals surface area contributed by atoms with E-state index in [1.165, 1.54) is 6.42 Å². The first-order valence-corrected chi connectivity index (χ1v) is 9.43. The number of carbonyl (C=O) groups excluding carboxylic acids is 1. The molecule has 23 heavy (non-hydrogen) atoms. The summed E-state index contributed by atoms with van der Waals surface area (Å²) in [7, 11) is -3.51. The fraction of sp³-hybridized carbons (Fsp3) is 0.500. The minimum Gasteiger partial charge on any atom is -0.340 e. The number of aliphatic imine (C=N–C) groups is 1. The van der Waals surface area contributed by atoms with E-state index in [4.69, 9.17) is 0 Å². The molecule has 6 nitrogen and oxygen atoms in total. The summed E-state index contributed by atoms with van der Waals surface area (Å²) in [5, 5.41) is 0. The number of nitrogens with zero attached hydrogens (tertiary/aromatic N) is 2. The van der Waals surface area contributed by atoms with E-state index in [0.717, 1.165) is 19.4 Å². The Morgan fingerprint density at radius 1 is 1.35 bits per heavy atom. The normalized spacial score (nSPS) is 24.3. The van der Waals surface area contributed by atoms with Crippen LogP contribution in [0.2, 0.25) is 0 Å². The number of fused-ring (bicyclic) bond motifs is 1. The van der Waals surface area contributed by atoms with Gasteiger partial charge in [0.1, 0.15) is 5.84 Å². The molecule has 2 heterocycles. The van der Waals surface area contributed by atoms with Gasteiger partial charge in [0.2, 0.25) is 5.91 Å². The van der Waals surface area contributed by atoms with E-state index in [1.54, 1.807) is 24.3 Å². The molecular weight excluding hydrogens is 314 g/mol. The molecule has 0 unspecified atom stereocenters. The smallest absolute Gasteiger partial charge is 0.263 e. The van der Waals surface area contributed by atoms with Crippen molar-refractivity contribution in [3.63, 3.8) is 0 Å². The summed E-state index contributed by atoms with van der Waals surface area (Å²) in [5.74, 6) is 0.427. The highest BCUT2D eigenvalue weighted by Crippen LogP contribution is 2.22. The molecule has 1 fully saturated rings. The van der Waals surface area contributed by atoms with Crippen LogP contribution in [0.25, 0.3) is 0 Å². The number of likely N-dealkylation sites (tertiary alicyclic amines) is 1. The van der Waals surface area contributed by atoms with Gasteiger partial charge in [0.05, 0.1) is 11.4 Å². The molecule has 0 bridgehead atoms. The van der Waals surface area contributed by atoms with Crippen molar-refractivity contribution in [3.8, 4) is 0 Å². The van der Waals surface area contributed by atoms with Crippen molar-refractivity contribution in [1.29, 1.82) is 0 Å². The lowest BCUT2D eigenvalue weighted by Crippen LogP contribution is -2.42. The van der Waals surface area contributed by atoms with Crippen molar-refractivity contribution in [2.75, 3.05) is 13.1 Å². The van der Waals surface area contributed by atoms with Crippen molar-refractivity contribution in [2.45, 2.75) is 43.5 Å². The Hall–Kier alpha value is -1.89. The summed E-state index contributed by atoms with van der Waals surface area (Å²) in [6.45, 7) is 3.17. The lowest BCUT2D eigenvalue weighted by Gasteiger charge is -2.33. The molecule has 2 aliphatic heterocycles. The van der Waals surface area contributed by atoms with Gasteiger partial charge in [-0.3, -0.25) is 14.5 Å². The average Bonchev–Trinajstić information content (AvgIpc) is 2.79. The van der Waals surface area contributed by atoms with E-state index in [1.807, 2.05) is 4.90 Å². The molecule has 0 aliphatic carbocycles. The van der Waals surface area contributed by atoms with E-state index in [2.05, 4.69) is 16.6 Å². The number of piperidine rings is 1. The molecule has 1 atom stereocenters. The maximum absolute atomic E-state index is 12.3. The third-order valence-corrected chi connectivity index (χ3v) is 5.78. The highest BCUT2D eigenvalue weighted by atomic mass is 32.2. The van der Waals surface area contributed by atoms with Crippen molar-refractivity contribution < 1.29 is 13.2 Å². The molecule has 1 amide bonds. The number of sulfonamides is 1. The molecule has 0 aromatic heterocycles. The van der Waals surface area contributed by atoms with Gasteiger partial charge in [0.15, 0.2) is 0 Å². The molecule has 1 aromatic rings. The first-order valence-electron chi connectivity index (χ1n) is 7.95. The Morgan fingerprint density at radius 3 is 2.91 bits per heavy atom. The third-order valence-electron chi connectivity index (χ3n) is 4.38. The molecule has 0 saturated carbocycles. The molecule has 2 aliphatic rings. The number of hydrogen-bond donors (Lipinski definition) is 1. The second-order valence-electron chi connectivity index (χ2n) is 6.01. The fourth-order valence-electron chi connectivity index (χ4n) is 3.13. The molecule has 0 spiro atoms. The Labute approximate surface area is 136 Å².